The van der Waals surface area contributed by atoms with Gasteiger partial charge in [-0.1, -0.05) is 36.0 Å². The largest absolute Gasteiger partial charge is 0.495 e. The predicted octanol–water partition coefficient (Wildman–Crippen LogP) is 4.48. The third-order valence-corrected chi connectivity index (χ3v) is 6.65. The minimum Gasteiger partial charge on any atom is -0.495 e. The molecule has 1 aliphatic carbocycles. The Bertz CT molecular complexity index is 989. The molecule has 0 radical (unpaired) electrons. The molecule has 0 aromatic heterocycles. The van der Waals surface area contributed by atoms with E-state index in [1.54, 1.807) is 6.07 Å². The van der Waals surface area contributed by atoms with Crippen molar-refractivity contribution in [3.8, 4) is 5.75 Å². The molecule has 2 aromatic rings. The van der Waals surface area contributed by atoms with Crippen molar-refractivity contribution < 1.29 is 17.9 Å². The van der Waals surface area contributed by atoms with Crippen molar-refractivity contribution in [2.75, 3.05) is 12.4 Å². The zero-order valence-corrected chi connectivity index (χ0v) is 17.5. The van der Waals surface area contributed by atoms with E-state index in [0.717, 1.165) is 25.7 Å². The molecule has 1 amide bonds. The van der Waals surface area contributed by atoms with Gasteiger partial charge in [-0.15, -0.1) is 0 Å². The van der Waals surface area contributed by atoms with E-state index >= 15 is 0 Å². The quantitative estimate of drug-likeness (QED) is 0.690. The van der Waals surface area contributed by atoms with Crippen LogP contribution >= 0.6 is 23.2 Å². The Morgan fingerprint density at radius 1 is 1.11 bits per heavy atom. The smallest absolute Gasteiger partial charge is 0.257 e. The number of ether oxygens (including phenoxy) is 1. The van der Waals surface area contributed by atoms with Crippen LogP contribution in [0.1, 0.15) is 36.0 Å². The first-order valence-electron chi connectivity index (χ1n) is 8.77. The number of benzene rings is 2. The number of hydrogen-bond donors (Lipinski definition) is 2. The molecule has 2 N–H and O–H groups in total. The van der Waals surface area contributed by atoms with Crippen LogP contribution in [0.2, 0.25) is 10.0 Å². The molecule has 150 valence electrons. The molecule has 6 nitrogen and oxygen atoms in total. The zero-order valence-electron chi connectivity index (χ0n) is 15.2. The number of methoxy groups -OCH3 is 1. The Kier molecular flexibility index (Phi) is 6.50. The number of amides is 1. The Hall–Kier alpha value is -1.80. The highest BCUT2D eigenvalue weighted by atomic mass is 35.5. The molecule has 0 spiro atoms. The molecule has 0 atom stereocenters. The molecule has 2 aromatic carbocycles. The second kappa shape index (κ2) is 8.69. The van der Waals surface area contributed by atoms with Crippen LogP contribution in [0.15, 0.2) is 41.3 Å². The first kappa shape index (κ1) is 20.9. The number of carbonyl (C=O) groups excluding carboxylic acids is 1. The number of nitrogens with one attached hydrogen (secondary N) is 2. The molecule has 28 heavy (non-hydrogen) atoms. The van der Waals surface area contributed by atoms with Crippen LogP contribution in [-0.2, 0) is 10.0 Å². The highest BCUT2D eigenvalue weighted by Crippen LogP contribution is 2.30. The number of carbonyl (C=O) groups is 1. The zero-order chi connectivity index (χ0) is 20.3. The topological polar surface area (TPSA) is 84.5 Å². The van der Waals surface area contributed by atoms with Crippen molar-refractivity contribution in [3.63, 3.8) is 0 Å². The van der Waals surface area contributed by atoms with Crippen molar-refractivity contribution in [2.24, 2.45) is 0 Å². The number of hydrogen-bond acceptors (Lipinski definition) is 4. The number of rotatable bonds is 6. The fraction of sp³-hybridized carbons (Fsp3) is 0.316. The normalized spacial score (nSPS) is 14.8. The van der Waals surface area contributed by atoms with Gasteiger partial charge in [-0.2, -0.15) is 0 Å². The van der Waals surface area contributed by atoms with Crippen LogP contribution in [0.3, 0.4) is 0 Å². The van der Waals surface area contributed by atoms with E-state index in [-0.39, 0.29) is 27.2 Å². The molecule has 9 heteroatoms. The Morgan fingerprint density at radius 2 is 1.82 bits per heavy atom. The molecular weight excluding hydrogens is 423 g/mol. The molecule has 0 aliphatic heterocycles. The van der Waals surface area contributed by atoms with Crippen LogP contribution in [0, 0.1) is 0 Å². The molecule has 0 bridgehead atoms. The summed E-state index contributed by atoms with van der Waals surface area (Å²) >= 11 is 11.9. The fourth-order valence-corrected chi connectivity index (χ4v) is 4.97. The summed E-state index contributed by atoms with van der Waals surface area (Å²) in [7, 11) is -2.27. The van der Waals surface area contributed by atoms with Gasteiger partial charge >= 0.3 is 0 Å². The lowest BCUT2D eigenvalue weighted by molar-refractivity contribution is 0.102. The summed E-state index contributed by atoms with van der Waals surface area (Å²) in [6.07, 6.45) is 3.68. The molecule has 0 saturated heterocycles. The van der Waals surface area contributed by atoms with Crippen LogP contribution < -0.4 is 14.8 Å². The van der Waals surface area contributed by atoms with E-state index in [2.05, 4.69) is 10.0 Å². The highest BCUT2D eigenvalue weighted by molar-refractivity contribution is 7.89. The Labute approximate surface area is 174 Å². The average molecular weight is 443 g/mol. The number of halogens is 2. The summed E-state index contributed by atoms with van der Waals surface area (Å²) < 4.78 is 33.3. The maximum Gasteiger partial charge on any atom is 0.257 e. The standard InChI is InChI=1S/C19H20Cl2N2O4S/c1-27-18-9-7-14(28(25,26)23-13-4-2-3-5-13)11-17(18)22-19(24)15-8-6-12(20)10-16(15)21/h6-11,13,23H,2-5H2,1H3,(H,22,24). The van der Waals surface area contributed by atoms with E-state index in [4.69, 9.17) is 27.9 Å². The molecule has 1 aliphatic rings. The van der Waals surface area contributed by atoms with Gasteiger partial charge in [-0.25, -0.2) is 13.1 Å². The van der Waals surface area contributed by atoms with Crippen LogP contribution in [0.25, 0.3) is 0 Å². The van der Waals surface area contributed by atoms with Gasteiger partial charge < -0.3 is 10.1 Å². The number of anilines is 1. The third kappa shape index (κ3) is 4.78. The van der Waals surface area contributed by atoms with Crippen molar-refractivity contribution >= 4 is 44.8 Å². The average Bonchev–Trinajstić information content (AvgIpc) is 3.13. The van der Waals surface area contributed by atoms with Crippen LogP contribution in [0.4, 0.5) is 5.69 Å². The lowest BCUT2D eigenvalue weighted by Crippen LogP contribution is -2.32. The predicted molar refractivity (Wildman–Crippen MR) is 110 cm³/mol. The van der Waals surface area contributed by atoms with Crippen molar-refractivity contribution in [1.82, 2.24) is 4.72 Å². The van der Waals surface area contributed by atoms with Crippen molar-refractivity contribution in [1.29, 1.82) is 0 Å². The highest BCUT2D eigenvalue weighted by Gasteiger charge is 2.24. The molecule has 1 saturated carbocycles. The maximum absolute atomic E-state index is 12.7. The molecule has 0 unspecified atom stereocenters. The molecule has 1 fully saturated rings. The SMILES string of the molecule is COc1ccc(S(=O)(=O)NC2CCCC2)cc1NC(=O)c1ccc(Cl)cc1Cl. The van der Waals surface area contributed by atoms with Gasteiger partial charge in [0.1, 0.15) is 5.75 Å². The van der Waals surface area contributed by atoms with Crippen molar-refractivity contribution in [3.05, 3.63) is 52.0 Å². The third-order valence-electron chi connectivity index (χ3n) is 4.58. The molecular formula is C19H20Cl2N2O4S. The summed E-state index contributed by atoms with van der Waals surface area (Å²) in [5, 5.41) is 3.26. The van der Waals surface area contributed by atoms with Crippen LogP contribution in [0.5, 0.6) is 5.75 Å². The maximum atomic E-state index is 12.7. The molecule has 0 heterocycles. The van der Waals surface area contributed by atoms with E-state index in [1.807, 2.05) is 0 Å². The summed E-state index contributed by atoms with van der Waals surface area (Å²) in [6, 6.07) is 8.77. The summed E-state index contributed by atoms with van der Waals surface area (Å²) in [4.78, 5) is 12.6. The summed E-state index contributed by atoms with van der Waals surface area (Å²) in [5.74, 6) is -0.170. The Morgan fingerprint density at radius 3 is 2.46 bits per heavy atom. The fourth-order valence-electron chi connectivity index (χ4n) is 3.15. The van der Waals surface area contributed by atoms with Crippen LogP contribution in [-0.4, -0.2) is 27.5 Å². The first-order valence-corrected chi connectivity index (χ1v) is 11.0. The second-order valence-electron chi connectivity index (χ2n) is 6.54. The van der Waals surface area contributed by atoms with E-state index < -0.39 is 15.9 Å². The minimum absolute atomic E-state index is 0.0534. The van der Waals surface area contributed by atoms with Gasteiger partial charge in [0.2, 0.25) is 10.0 Å². The van der Waals surface area contributed by atoms with Gasteiger partial charge in [0.15, 0.2) is 0 Å². The van der Waals surface area contributed by atoms with Gasteiger partial charge in [-0.3, -0.25) is 4.79 Å². The summed E-state index contributed by atoms with van der Waals surface area (Å²) in [5.41, 5.74) is 0.443. The van der Waals surface area contributed by atoms with Crippen molar-refractivity contribution in [2.45, 2.75) is 36.6 Å². The van der Waals surface area contributed by atoms with E-state index in [1.165, 1.54) is 37.4 Å². The monoisotopic (exact) mass is 442 g/mol. The lowest BCUT2D eigenvalue weighted by Gasteiger charge is -2.15. The van der Waals surface area contributed by atoms with E-state index in [9.17, 15) is 13.2 Å². The number of sulfonamides is 1. The Balaban J connectivity index is 1.87. The van der Waals surface area contributed by atoms with Gasteiger partial charge in [-0.05, 0) is 49.2 Å². The van der Waals surface area contributed by atoms with Gasteiger partial charge in [0.25, 0.3) is 5.91 Å². The molecule has 3 rings (SSSR count). The minimum atomic E-state index is -3.71. The summed E-state index contributed by atoms with van der Waals surface area (Å²) in [6.45, 7) is 0. The lowest BCUT2D eigenvalue weighted by atomic mass is 10.2. The van der Waals surface area contributed by atoms with Gasteiger partial charge in [0, 0.05) is 11.1 Å². The first-order chi connectivity index (χ1) is 13.3. The van der Waals surface area contributed by atoms with Gasteiger partial charge in [0.05, 0.1) is 28.3 Å². The van der Waals surface area contributed by atoms with E-state index in [0.29, 0.717) is 10.8 Å². The second-order valence-corrected chi connectivity index (χ2v) is 9.10.